The van der Waals surface area contributed by atoms with Gasteiger partial charge in [0.1, 0.15) is 67.1 Å². The highest BCUT2D eigenvalue weighted by Gasteiger charge is 2.74. The van der Waals surface area contributed by atoms with Crippen LogP contribution in [0.4, 0.5) is 0 Å². The number of allylic oxidation sites excluding steroid dienone is 4. The molecule has 0 aromatic carbocycles. The van der Waals surface area contributed by atoms with E-state index in [0.29, 0.717) is 43.3 Å². The van der Waals surface area contributed by atoms with E-state index in [1.807, 2.05) is 13.8 Å². The second-order valence-corrected chi connectivity index (χ2v) is 26.4. The number of fused-ring (bicyclic) bond motifs is 7. The third kappa shape index (κ3) is 10.1. The van der Waals surface area contributed by atoms with E-state index in [1.54, 1.807) is 39.8 Å². The first kappa shape index (κ1) is 63.0. The summed E-state index contributed by atoms with van der Waals surface area (Å²) >= 11 is 0. The molecule has 11 N–H and O–H groups in total. The summed E-state index contributed by atoms with van der Waals surface area (Å²) < 4.78 is 48.2. The molecule has 4 saturated carbocycles. The Bertz CT molecular complexity index is 2390. The minimum absolute atomic E-state index is 0.00766. The fourth-order valence-electron chi connectivity index (χ4n) is 16.3. The molecule has 3 heterocycles. The minimum atomic E-state index is -2.05. The smallest absolute Gasteiger partial charge is 0.335 e. The first-order valence-electron chi connectivity index (χ1n) is 28.5. The molecule has 3 aliphatic heterocycles. The topological polar surface area (TPSA) is 348 Å². The molecule has 7 fully saturated rings. The number of aliphatic carboxylic acids is 1. The molecule has 8 aliphatic rings. The van der Waals surface area contributed by atoms with Gasteiger partial charge >= 0.3 is 17.9 Å². The summed E-state index contributed by atoms with van der Waals surface area (Å²) in [6, 6.07) is 0. The number of carbonyl (C=O) groups is 3. The van der Waals surface area contributed by atoms with E-state index in [0.717, 1.165) is 12.0 Å². The predicted octanol–water partition coefficient (Wildman–Crippen LogP) is 1.68. The van der Waals surface area contributed by atoms with Crippen LogP contribution in [-0.2, 0) is 52.3 Å². The molecular weight excluding hydrogens is 1050 g/mol. The number of hydrogen-bond acceptors (Lipinski definition) is 21. The van der Waals surface area contributed by atoms with Crippen LogP contribution in [0.25, 0.3) is 0 Å². The Morgan fingerprint density at radius 1 is 0.662 bits per heavy atom. The maximum Gasteiger partial charge on any atom is 0.335 e. The fourth-order valence-corrected chi connectivity index (χ4v) is 16.3. The number of carboxylic acids is 1. The van der Waals surface area contributed by atoms with Gasteiger partial charge in [0.25, 0.3) is 0 Å². The Morgan fingerprint density at radius 2 is 1.23 bits per heavy atom. The monoisotopic (exact) mass is 1140 g/mol. The van der Waals surface area contributed by atoms with E-state index in [9.17, 15) is 70.6 Å². The van der Waals surface area contributed by atoms with Crippen LogP contribution in [0, 0.1) is 50.2 Å². The molecule has 22 heteroatoms. The lowest BCUT2D eigenvalue weighted by molar-refractivity contribution is -0.380. The summed E-state index contributed by atoms with van der Waals surface area (Å²) in [7, 11) is 0. The van der Waals surface area contributed by atoms with Crippen molar-refractivity contribution in [2.45, 2.75) is 245 Å². The van der Waals surface area contributed by atoms with Gasteiger partial charge in [-0.05, 0) is 119 Å². The van der Waals surface area contributed by atoms with Gasteiger partial charge in [-0.2, -0.15) is 0 Å². The molecule has 26 atom stereocenters. The highest BCUT2D eigenvalue weighted by molar-refractivity contribution is 5.89. The van der Waals surface area contributed by atoms with Crippen LogP contribution in [0.15, 0.2) is 34.9 Å². The molecule has 0 radical (unpaired) electrons. The highest BCUT2D eigenvalue weighted by Crippen LogP contribution is 2.76. The SMILES string of the molecule is C/C=C(/C)C(=O)O[C@H]1[C@H](OC(=O)/C(C)=C\C)[C@]2(CO)[C@H](O)C[C@]3(C)C(=CCC4[C@@]5(C)CC[C@H](OC6OC(C(=O)O)C(O)C(OC7OC(C)C(O)C(OC8OC(CO)C(O)C(O)C8O)C7O)C6O)C(C)(C)C5CC[C@]43C)[C@@H]2CC1(C)C. The summed E-state index contributed by atoms with van der Waals surface area (Å²) in [4.78, 5) is 40.1. The van der Waals surface area contributed by atoms with Crippen molar-refractivity contribution in [1.29, 1.82) is 0 Å². The minimum Gasteiger partial charge on any atom is -0.479 e. The molecule has 8 rings (SSSR count). The summed E-state index contributed by atoms with van der Waals surface area (Å²) in [5, 5.41) is 122. The number of carboxylic acid groups (broad SMARTS) is 1. The molecule has 0 aromatic heterocycles. The zero-order chi connectivity index (χ0) is 59.3. The van der Waals surface area contributed by atoms with E-state index >= 15 is 0 Å². The maximum atomic E-state index is 13.8. The van der Waals surface area contributed by atoms with Crippen LogP contribution in [0.5, 0.6) is 0 Å². The molecule has 0 bridgehead atoms. The predicted molar refractivity (Wildman–Crippen MR) is 280 cm³/mol. The molecular formula is C58H90O22. The van der Waals surface area contributed by atoms with Gasteiger partial charge in [0.2, 0.25) is 0 Å². The van der Waals surface area contributed by atoms with Crippen molar-refractivity contribution in [3.8, 4) is 0 Å². The van der Waals surface area contributed by atoms with Crippen LogP contribution in [-0.4, -0.2) is 204 Å². The molecule has 80 heavy (non-hydrogen) atoms. The number of esters is 2. The van der Waals surface area contributed by atoms with Crippen LogP contribution < -0.4 is 0 Å². The Balaban J connectivity index is 1.04. The number of aliphatic hydroxyl groups is 10. The van der Waals surface area contributed by atoms with E-state index < -0.39 is 181 Å². The van der Waals surface area contributed by atoms with Crippen molar-refractivity contribution in [2.75, 3.05) is 13.2 Å². The zero-order valence-electron chi connectivity index (χ0n) is 48.2. The van der Waals surface area contributed by atoms with Gasteiger partial charge in [-0.3, -0.25) is 0 Å². The standard InChI is InChI=1S/C58H90O22/c1-13-25(3)48(71)79-45-46(80-49(72)26(4)14-2)58(24-60)29(21-53(45,6)7)28-15-16-32-55(10)19-18-34(54(8,9)31(55)17-20-56(32,11)57(28,12)22-33(58)61)75-52-41(68)43(39(66)44(78-52)47(69)70)77-51-40(67)42(35(62)27(5)73-51)76-50-38(65)37(64)36(63)30(23-59)74-50/h13-15,27,29-46,50-52,59-68H,16-24H2,1-12H3,(H,69,70)/b25-13-,26-14-/t27?,29-,30?,31?,32?,33+,34-,35?,36?,37?,38?,39?,40?,41?,42?,43?,44?,45-,46-,50?,51?,52?,55-,56+,57+,58-/m0/s1. The fraction of sp³-hybridized carbons (Fsp3) is 0.845. The summed E-state index contributed by atoms with van der Waals surface area (Å²) in [6.07, 6.45) is -21.1. The quantitative estimate of drug-likeness (QED) is 0.0541. The van der Waals surface area contributed by atoms with Crippen LogP contribution >= 0.6 is 0 Å². The average Bonchev–Trinajstić information content (AvgIpc) is 3.56. The molecule has 0 amide bonds. The Morgan fingerprint density at radius 3 is 1.79 bits per heavy atom. The number of aliphatic hydroxyl groups excluding tert-OH is 10. The molecule has 22 nitrogen and oxygen atoms in total. The lowest BCUT2D eigenvalue weighted by atomic mass is 9.33. The molecule has 3 saturated heterocycles. The first-order chi connectivity index (χ1) is 37.3. The molecule has 454 valence electrons. The lowest BCUT2D eigenvalue weighted by Gasteiger charge is -2.72. The largest absolute Gasteiger partial charge is 0.479 e. The van der Waals surface area contributed by atoms with Crippen LogP contribution in [0.1, 0.15) is 128 Å². The van der Waals surface area contributed by atoms with Crippen molar-refractivity contribution < 1.29 is 108 Å². The van der Waals surface area contributed by atoms with Crippen LogP contribution in [0.3, 0.4) is 0 Å². The van der Waals surface area contributed by atoms with Gasteiger partial charge in [-0.15, -0.1) is 0 Å². The number of ether oxygens (including phenoxy) is 8. The lowest BCUT2D eigenvalue weighted by Crippen LogP contribution is -2.72. The van der Waals surface area contributed by atoms with Crippen molar-refractivity contribution in [3.63, 3.8) is 0 Å². The third-order valence-electron chi connectivity index (χ3n) is 21.6. The summed E-state index contributed by atoms with van der Waals surface area (Å²) in [6.45, 7) is 21.7. The van der Waals surface area contributed by atoms with Gasteiger partial charge in [0.05, 0.1) is 36.9 Å². The van der Waals surface area contributed by atoms with Gasteiger partial charge in [0.15, 0.2) is 31.1 Å². The van der Waals surface area contributed by atoms with E-state index in [4.69, 9.17) is 37.9 Å². The van der Waals surface area contributed by atoms with Gasteiger partial charge in [-0.1, -0.05) is 72.3 Å². The molecule has 0 spiro atoms. The van der Waals surface area contributed by atoms with Crippen molar-refractivity contribution in [2.24, 2.45) is 50.2 Å². The van der Waals surface area contributed by atoms with Crippen molar-refractivity contribution in [1.82, 2.24) is 0 Å². The van der Waals surface area contributed by atoms with E-state index in [2.05, 4.69) is 40.7 Å². The normalized spacial score (nSPS) is 49.2. The maximum absolute atomic E-state index is 13.8. The second kappa shape index (κ2) is 22.8. The number of hydrogen-bond donors (Lipinski definition) is 11. The second-order valence-electron chi connectivity index (χ2n) is 26.4. The molecule has 17 unspecified atom stereocenters. The van der Waals surface area contributed by atoms with Gasteiger partial charge < -0.3 is 94.1 Å². The Labute approximate surface area is 468 Å². The van der Waals surface area contributed by atoms with E-state index in [-0.39, 0.29) is 23.7 Å². The third-order valence-corrected chi connectivity index (χ3v) is 21.6. The van der Waals surface area contributed by atoms with Crippen LogP contribution in [0.2, 0.25) is 0 Å². The molecule has 5 aliphatic carbocycles. The average molecular weight is 1140 g/mol. The van der Waals surface area contributed by atoms with E-state index in [1.165, 1.54) is 6.92 Å². The highest BCUT2D eigenvalue weighted by atomic mass is 16.8. The summed E-state index contributed by atoms with van der Waals surface area (Å²) in [5.41, 5.74) is -2.44. The number of carbonyl (C=O) groups excluding carboxylic acids is 2. The Kier molecular flexibility index (Phi) is 17.9. The number of rotatable bonds is 13. The zero-order valence-corrected chi connectivity index (χ0v) is 48.2. The first-order valence-corrected chi connectivity index (χ1v) is 28.5. The van der Waals surface area contributed by atoms with Crippen molar-refractivity contribution in [3.05, 3.63) is 34.9 Å². The molecule has 0 aromatic rings. The Hall–Kier alpha value is -3.01. The van der Waals surface area contributed by atoms with Gasteiger partial charge in [0, 0.05) is 16.6 Å². The van der Waals surface area contributed by atoms with Crippen molar-refractivity contribution >= 4 is 17.9 Å². The summed E-state index contributed by atoms with van der Waals surface area (Å²) in [5.74, 6) is -3.23. The van der Waals surface area contributed by atoms with Gasteiger partial charge in [-0.25, -0.2) is 14.4 Å².